The number of rotatable bonds is 5. The quantitative estimate of drug-likeness (QED) is 0.912. The molecule has 0 saturated carbocycles. The Bertz CT molecular complexity index is 624. The summed E-state index contributed by atoms with van der Waals surface area (Å²) in [5, 5.41) is 3.67. The number of ether oxygens (including phenoxy) is 1. The number of nitrogens with one attached hydrogen (secondary N) is 1. The van der Waals surface area contributed by atoms with Gasteiger partial charge >= 0.3 is 0 Å². The van der Waals surface area contributed by atoms with E-state index in [0.29, 0.717) is 0 Å². The van der Waals surface area contributed by atoms with E-state index in [0.717, 1.165) is 31.7 Å². The maximum Gasteiger partial charge on any atom is 0.122 e. The van der Waals surface area contributed by atoms with Crippen molar-refractivity contribution in [3.8, 4) is 5.75 Å². The predicted octanol–water partition coefficient (Wildman–Crippen LogP) is 3.41. The van der Waals surface area contributed by atoms with Crippen LogP contribution in [0.3, 0.4) is 0 Å². The van der Waals surface area contributed by atoms with Crippen LogP contribution in [-0.4, -0.2) is 18.1 Å². The van der Waals surface area contributed by atoms with Gasteiger partial charge in [-0.05, 0) is 54.3 Å². The van der Waals surface area contributed by atoms with E-state index in [4.69, 9.17) is 4.74 Å². The summed E-state index contributed by atoms with van der Waals surface area (Å²) >= 11 is 0. The first-order valence-electron chi connectivity index (χ1n) is 7.69. The zero-order chi connectivity index (χ0) is 14.7. The highest BCUT2D eigenvalue weighted by Crippen LogP contribution is 2.31. The van der Waals surface area contributed by atoms with Gasteiger partial charge in [-0.15, -0.1) is 0 Å². The molecule has 2 heterocycles. The van der Waals surface area contributed by atoms with E-state index in [1.54, 1.807) is 0 Å². The third kappa shape index (κ3) is 2.93. The van der Waals surface area contributed by atoms with Crippen LogP contribution in [0.2, 0.25) is 0 Å². The van der Waals surface area contributed by atoms with Gasteiger partial charge in [0.2, 0.25) is 0 Å². The summed E-state index contributed by atoms with van der Waals surface area (Å²) < 4.78 is 5.61. The Kier molecular flexibility index (Phi) is 4.20. The SMILES string of the molecule is CCCNC(c1ccc2c(c1)CCO2)c1ccncc1C. The van der Waals surface area contributed by atoms with Crippen LogP contribution in [0.4, 0.5) is 0 Å². The molecule has 0 saturated heterocycles. The van der Waals surface area contributed by atoms with Gasteiger partial charge in [0.1, 0.15) is 5.75 Å². The van der Waals surface area contributed by atoms with Crippen molar-refractivity contribution < 1.29 is 4.74 Å². The summed E-state index contributed by atoms with van der Waals surface area (Å²) in [6.07, 6.45) is 5.94. The van der Waals surface area contributed by atoms with Crippen molar-refractivity contribution in [2.24, 2.45) is 0 Å². The average molecular weight is 282 g/mol. The molecule has 0 bridgehead atoms. The van der Waals surface area contributed by atoms with Crippen molar-refractivity contribution in [1.82, 2.24) is 10.3 Å². The second-order valence-electron chi connectivity index (χ2n) is 5.59. The van der Waals surface area contributed by atoms with E-state index in [1.807, 2.05) is 12.4 Å². The summed E-state index contributed by atoms with van der Waals surface area (Å²) in [4.78, 5) is 4.21. The van der Waals surface area contributed by atoms with Crippen molar-refractivity contribution in [1.29, 1.82) is 0 Å². The van der Waals surface area contributed by atoms with Crippen LogP contribution in [0, 0.1) is 6.92 Å². The third-order valence-corrected chi connectivity index (χ3v) is 4.02. The molecule has 3 heteroatoms. The largest absolute Gasteiger partial charge is 0.493 e. The molecule has 1 atom stereocenters. The molecular weight excluding hydrogens is 260 g/mol. The minimum Gasteiger partial charge on any atom is -0.493 e. The number of fused-ring (bicyclic) bond motifs is 1. The van der Waals surface area contributed by atoms with Crippen molar-refractivity contribution in [3.63, 3.8) is 0 Å². The standard InChI is InChI=1S/C18H22N2O/c1-3-8-20-18(16-6-9-19-12-13(16)2)15-4-5-17-14(11-15)7-10-21-17/h4-6,9,11-12,18,20H,3,7-8,10H2,1-2H3. The summed E-state index contributed by atoms with van der Waals surface area (Å²) in [7, 11) is 0. The number of nitrogens with zero attached hydrogens (tertiary/aromatic N) is 1. The van der Waals surface area contributed by atoms with Gasteiger partial charge in [0.15, 0.2) is 0 Å². The number of hydrogen-bond acceptors (Lipinski definition) is 3. The number of benzene rings is 1. The van der Waals surface area contributed by atoms with E-state index < -0.39 is 0 Å². The van der Waals surface area contributed by atoms with Crippen LogP contribution in [0.15, 0.2) is 36.7 Å². The maximum absolute atomic E-state index is 5.61. The van der Waals surface area contributed by atoms with Gasteiger partial charge in [0.25, 0.3) is 0 Å². The van der Waals surface area contributed by atoms with Crippen molar-refractivity contribution >= 4 is 0 Å². The first-order chi connectivity index (χ1) is 10.3. The van der Waals surface area contributed by atoms with Gasteiger partial charge in [-0.2, -0.15) is 0 Å². The molecule has 0 radical (unpaired) electrons. The Morgan fingerprint density at radius 3 is 3.05 bits per heavy atom. The van der Waals surface area contributed by atoms with Crippen LogP contribution in [-0.2, 0) is 6.42 Å². The van der Waals surface area contributed by atoms with Crippen LogP contribution in [0.5, 0.6) is 5.75 Å². The lowest BCUT2D eigenvalue weighted by atomic mass is 9.94. The lowest BCUT2D eigenvalue weighted by Crippen LogP contribution is -2.24. The van der Waals surface area contributed by atoms with Crippen molar-refractivity contribution in [2.75, 3.05) is 13.2 Å². The zero-order valence-corrected chi connectivity index (χ0v) is 12.7. The molecule has 0 aliphatic carbocycles. The smallest absolute Gasteiger partial charge is 0.122 e. The van der Waals surface area contributed by atoms with Gasteiger partial charge in [0.05, 0.1) is 12.6 Å². The molecule has 1 N–H and O–H groups in total. The number of pyridine rings is 1. The highest BCUT2D eigenvalue weighted by atomic mass is 16.5. The van der Waals surface area contributed by atoms with E-state index in [2.05, 4.69) is 48.4 Å². The van der Waals surface area contributed by atoms with E-state index in [9.17, 15) is 0 Å². The lowest BCUT2D eigenvalue weighted by molar-refractivity contribution is 0.357. The van der Waals surface area contributed by atoms with Crippen LogP contribution in [0.1, 0.15) is 41.6 Å². The van der Waals surface area contributed by atoms with Crippen molar-refractivity contribution in [2.45, 2.75) is 32.7 Å². The Balaban J connectivity index is 1.97. The van der Waals surface area contributed by atoms with Crippen LogP contribution >= 0.6 is 0 Å². The molecule has 1 unspecified atom stereocenters. The van der Waals surface area contributed by atoms with Gasteiger partial charge in [-0.3, -0.25) is 4.98 Å². The molecule has 1 aromatic heterocycles. The molecule has 0 fully saturated rings. The second-order valence-corrected chi connectivity index (χ2v) is 5.59. The molecule has 21 heavy (non-hydrogen) atoms. The van der Waals surface area contributed by atoms with Gasteiger partial charge in [0, 0.05) is 18.8 Å². The first kappa shape index (κ1) is 14.1. The monoisotopic (exact) mass is 282 g/mol. The Morgan fingerprint density at radius 2 is 2.24 bits per heavy atom. The third-order valence-electron chi connectivity index (χ3n) is 4.02. The molecule has 1 aromatic carbocycles. The Hall–Kier alpha value is -1.87. The minimum absolute atomic E-state index is 0.221. The summed E-state index contributed by atoms with van der Waals surface area (Å²) in [5.74, 6) is 1.04. The highest BCUT2D eigenvalue weighted by Gasteiger charge is 2.19. The van der Waals surface area contributed by atoms with Gasteiger partial charge < -0.3 is 10.1 Å². The molecule has 3 nitrogen and oxygen atoms in total. The van der Waals surface area contributed by atoms with E-state index in [-0.39, 0.29) is 6.04 Å². The molecule has 3 rings (SSSR count). The van der Waals surface area contributed by atoms with Gasteiger partial charge in [-0.25, -0.2) is 0 Å². The normalized spacial score (nSPS) is 14.6. The van der Waals surface area contributed by atoms with Gasteiger partial charge in [-0.1, -0.05) is 19.1 Å². The predicted molar refractivity (Wildman–Crippen MR) is 84.8 cm³/mol. The zero-order valence-electron chi connectivity index (χ0n) is 12.7. The topological polar surface area (TPSA) is 34.1 Å². The molecule has 2 aromatic rings. The number of aryl methyl sites for hydroxylation is 1. The van der Waals surface area contributed by atoms with E-state index >= 15 is 0 Å². The molecule has 0 spiro atoms. The van der Waals surface area contributed by atoms with Crippen LogP contribution in [0.25, 0.3) is 0 Å². The molecule has 110 valence electrons. The molecule has 1 aliphatic rings. The maximum atomic E-state index is 5.61. The highest BCUT2D eigenvalue weighted by molar-refractivity contribution is 5.44. The van der Waals surface area contributed by atoms with Crippen LogP contribution < -0.4 is 10.1 Å². The molecule has 1 aliphatic heterocycles. The first-order valence-corrected chi connectivity index (χ1v) is 7.69. The number of aromatic nitrogens is 1. The summed E-state index contributed by atoms with van der Waals surface area (Å²) in [6.45, 7) is 6.12. The summed E-state index contributed by atoms with van der Waals surface area (Å²) in [5.41, 5.74) is 5.16. The second kappa shape index (κ2) is 6.27. The van der Waals surface area contributed by atoms with E-state index in [1.165, 1.54) is 22.3 Å². The fourth-order valence-electron chi connectivity index (χ4n) is 2.89. The fraction of sp³-hybridized carbons (Fsp3) is 0.389. The van der Waals surface area contributed by atoms with Crippen molar-refractivity contribution in [3.05, 3.63) is 58.9 Å². The number of hydrogen-bond donors (Lipinski definition) is 1. The lowest BCUT2D eigenvalue weighted by Gasteiger charge is -2.21. The average Bonchev–Trinajstić information content (AvgIpc) is 2.97. The minimum atomic E-state index is 0.221. The molecule has 0 amide bonds. The fourth-order valence-corrected chi connectivity index (χ4v) is 2.89. The molecular formula is C18H22N2O. The summed E-state index contributed by atoms with van der Waals surface area (Å²) in [6, 6.07) is 8.91. The Morgan fingerprint density at radius 1 is 1.33 bits per heavy atom. The Labute approximate surface area is 126 Å².